The molecule has 1 aliphatic rings. The maximum absolute atomic E-state index is 6.22. The van der Waals surface area contributed by atoms with Gasteiger partial charge < -0.3 is 19.4 Å². The SMILES string of the molecule is Clc1ccc(N2CCOCC2)c(NCc2ccc(-c3ccc(Br)cc3)o2)c1. The number of halogens is 2. The van der Waals surface area contributed by atoms with E-state index >= 15 is 0 Å². The summed E-state index contributed by atoms with van der Waals surface area (Å²) in [4.78, 5) is 2.32. The largest absolute Gasteiger partial charge is 0.459 e. The van der Waals surface area contributed by atoms with E-state index in [2.05, 4.69) is 32.2 Å². The van der Waals surface area contributed by atoms with Crippen LogP contribution >= 0.6 is 27.5 Å². The van der Waals surface area contributed by atoms with Crippen molar-refractivity contribution in [3.05, 3.63) is 69.9 Å². The molecule has 140 valence electrons. The van der Waals surface area contributed by atoms with Gasteiger partial charge in [0.1, 0.15) is 11.5 Å². The Morgan fingerprint density at radius 1 is 1.00 bits per heavy atom. The molecule has 0 amide bonds. The number of furan rings is 1. The maximum atomic E-state index is 6.22. The molecule has 1 aromatic heterocycles. The van der Waals surface area contributed by atoms with E-state index in [1.807, 2.05) is 48.5 Å². The molecule has 0 saturated carbocycles. The average molecular weight is 448 g/mol. The third-order valence-corrected chi connectivity index (χ3v) is 5.32. The van der Waals surface area contributed by atoms with Crippen molar-refractivity contribution in [3.8, 4) is 11.3 Å². The van der Waals surface area contributed by atoms with Crippen LogP contribution in [0.25, 0.3) is 11.3 Å². The van der Waals surface area contributed by atoms with Gasteiger partial charge in [-0.1, -0.05) is 39.7 Å². The molecule has 3 aromatic rings. The van der Waals surface area contributed by atoms with Crippen LogP contribution in [0.1, 0.15) is 5.76 Å². The van der Waals surface area contributed by atoms with Gasteiger partial charge >= 0.3 is 0 Å². The molecule has 6 heteroatoms. The summed E-state index contributed by atoms with van der Waals surface area (Å²) >= 11 is 9.68. The number of nitrogens with one attached hydrogen (secondary N) is 1. The molecule has 4 rings (SSSR count). The van der Waals surface area contributed by atoms with Crippen LogP contribution in [-0.4, -0.2) is 26.3 Å². The molecule has 0 atom stereocenters. The third-order valence-electron chi connectivity index (χ3n) is 4.55. The van der Waals surface area contributed by atoms with Crippen LogP contribution in [-0.2, 0) is 11.3 Å². The van der Waals surface area contributed by atoms with Crippen LogP contribution in [0.5, 0.6) is 0 Å². The van der Waals surface area contributed by atoms with Crippen LogP contribution in [0.2, 0.25) is 5.02 Å². The Hall–Kier alpha value is -1.95. The number of hydrogen-bond acceptors (Lipinski definition) is 4. The topological polar surface area (TPSA) is 37.6 Å². The van der Waals surface area contributed by atoms with Crippen molar-refractivity contribution in [3.63, 3.8) is 0 Å². The lowest BCUT2D eigenvalue weighted by molar-refractivity contribution is 0.123. The summed E-state index contributed by atoms with van der Waals surface area (Å²) in [6.45, 7) is 3.84. The van der Waals surface area contributed by atoms with Crippen molar-refractivity contribution in [1.82, 2.24) is 0 Å². The second-order valence-electron chi connectivity index (χ2n) is 6.39. The van der Waals surface area contributed by atoms with Crippen molar-refractivity contribution >= 4 is 38.9 Å². The lowest BCUT2D eigenvalue weighted by atomic mass is 10.2. The fourth-order valence-corrected chi connectivity index (χ4v) is 3.59. The molecule has 0 radical (unpaired) electrons. The predicted octanol–water partition coefficient (Wildman–Crippen LogP) is 5.81. The zero-order valence-electron chi connectivity index (χ0n) is 14.8. The predicted molar refractivity (Wildman–Crippen MR) is 114 cm³/mol. The van der Waals surface area contributed by atoms with Gasteiger partial charge in [-0.3, -0.25) is 0 Å². The first-order valence-corrected chi connectivity index (χ1v) is 10.1. The molecule has 2 heterocycles. The Morgan fingerprint density at radius 3 is 2.56 bits per heavy atom. The Labute approximate surface area is 172 Å². The summed E-state index contributed by atoms with van der Waals surface area (Å²) in [5.41, 5.74) is 3.20. The number of benzene rings is 2. The normalized spacial score (nSPS) is 14.4. The Morgan fingerprint density at radius 2 is 1.78 bits per heavy atom. The van der Waals surface area contributed by atoms with Crippen LogP contribution in [0, 0.1) is 0 Å². The van der Waals surface area contributed by atoms with Gasteiger partial charge in [0.2, 0.25) is 0 Å². The lowest BCUT2D eigenvalue weighted by Gasteiger charge is -2.30. The minimum Gasteiger partial charge on any atom is -0.459 e. The molecular formula is C21H20BrClN2O2. The molecule has 1 aliphatic heterocycles. The summed E-state index contributed by atoms with van der Waals surface area (Å²) in [7, 11) is 0. The van der Waals surface area contributed by atoms with Gasteiger partial charge in [0.05, 0.1) is 31.1 Å². The summed E-state index contributed by atoms with van der Waals surface area (Å²) in [6.07, 6.45) is 0. The standard InChI is InChI=1S/C21H20BrClN2O2/c22-16-3-1-15(2-4-16)21-8-6-18(27-21)14-24-19-13-17(23)5-7-20(19)25-9-11-26-12-10-25/h1-8,13,24H,9-12,14H2. The number of hydrogen-bond donors (Lipinski definition) is 1. The summed E-state index contributed by atoms with van der Waals surface area (Å²) in [5, 5.41) is 4.19. The highest BCUT2D eigenvalue weighted by molar-refractivity contribution is 9.10. The van der Waals surface area contributed by atoms with E-state index in [4.69, 9.17) is 20.8 Å². The quantitative estimate of drug-likeness (QED) is 0.535. The van der Waals surface area contributed by atoms with E-state index in [-0.39, 0.29) is 0 Å². The number of ether oxygens (including phenoxy) is 1. The first-order chi connectivity index (χ1) is 13.2. The number of anilines is 2. The van der Waals surface area contributed by atoms with Gasteiger partial charge in [-0.25, -0.2) is 0 Å². The molecule has 2 aromatic carbocycles. The minimum atomic E-state index is 0.591. The fraction of sp³-hybridized carbons (Fsp3) is 0.238. The zero-order chi connectivity index (χ0) is 18.6. The zero-order valence-corrected chi connectivity index (χ0v) is 17.1. The molecule has 1 N–H and O–H groups in total. The summed E-state index contributed by atoms with van der Waals surface area (Å²) in [5.74, 6) is 1.74. The third kappa shape index (κ3) is 4.49. The second-order valence-corrected chi connectivity index (χ2v) is 7.74. The lowest BCUT2D eigenvalue weighted by Crippen LogP contribution is -2.36. The van der Waals surface area contributed by atoms with Crippen LogP contribution in [0.4, 0.5) is 11.4 Å². The first-order valence-electron chi connectivity index (χ1n) is 8.90. The highest BCUT2D eigenvalue weighted by Gasteiger charge is 2.15. The van der Waals surface area contributed by atoms with E-state index in [1.165, 1.54) is 0 Å². The van der Waals surface area contributed by atoms with Crippen molar-refractivity contribution < 1.29 is 9.15 Å². The highest BCUT2D eigenvalue weighted by atomic mass is 79.9. The molecule has 0 unspecified atom stereocenters. The molecule has 1 saturated heterocycles. The molecular weight excluding hydrogens is 428 g/mol. The maximum Gasteiger partial charge on any atom is 0.134 e. The fourth-order valence-electron chi connectivity index (χ4n) is 3.15. The van der Waals surface area contributed by atoms with Crippen LogP contribution in [0.15, 0.2) is 63.5 Å². The Bertz CT molecular complexity index is 905. The van der Waals surface area contributed by atoms with E-state index in [1.54, 1.807) is 0 Å². The number of nitrogens with zero attached hydrogens (tertiary/aromatic N) is 1. The van der Waals surface area contributed by atoms with Crippen molar-refractivity contribution in [2.45, 2.75) is 6.54 Å². The molecule has 0 bridgehead atoms. The Balaban J connectivity index is 1.49. The molecule has 0 spiro atoms. The van der Waals surface area contributed by atoms with E-state index in [0.29, 0.717) is 11.6 Å². The van der Waals surface area contributed by atoms with Crippen LogP contribution in [0.3, 0.4) is 0 Å². The molecule has 4 nitrogen and oxygen atoms in total. The van der Waals surface area contributed by atoms with Gasteiger partial charge in [0, 0.05) is 28.1 Å². The molecule has 1 fully saturated rings. The molecule has 0 aliphatic carbocycles. The first kappa shape index (κ1) is 18.4. The highest BCUT2D eigenvalue weighted by Crippen LogP contribution is 2.31. The average Bonchev–Trinajstić information content (AvgIpc) is 3.17. The van der Waals surface area contributed by atoms with Crippen molar-refractivity contribution in [2.75, 3.05) is 36.5 Å². The van der Waals surface area contributed by atoms with E-state index in [9.17, 15) is 0 Å². The van der Waals surface area contributed by atoms with Crippen LogP contribution < -0.4 is 10.2 Å². The number of rotatable bonds is 5. The van der Waals surface area contributed by atoms with Crippen molar-refractivity contribution in [1.29, 1.82) is 0 Å². The second kappa shape index (κ2) is 8.38. The van der Waals surface area contributed by atoms with Gasteiger partial charge in [0.15, 0.2) is 0 Å². The summed E-state index contributed by atoms with van der Waals surface area (Å²) in [6, 6.07) is 18.0. The van der Waals surface area contributed by atoms with E-state index < -0.39 is 0 Å². The monoisotopic (exact) mass is 446 g/mol. The molecule has 27 heavy (non-hydrogen) atoms. The minimum absolute atomic E-state index is 0.591. The Kier molecular flexibility index (Phi) is 5.72. The van der Waals surface area contributed by atoms with Gasteiger partial charge in [-0.05, 0) is 42.5 Å². The van der Waals surface area contributed by atoms with Gasteiger partial charge in [0.25, 0.3) is 0 Å². The van der Waals surface area contributed by atoms with Gasteiger partial charge in [-0.15, -0.1) is 0 Å². The number of morpholine rings is 1. The van der Waals surface area contributed by atoms with Crippen molar-refractivity contribution in [2.24, 2.45) is 0 Å². The van der Waals surface area contributed by atoms with Gasteiger partial charge in [-0.2, -0.15) is 0 Å². The smallest absolute Gasteiger partial charge is 0.134 e. The van der Waals surface area contributed by atoms with E-state index in [0.717, 1.165) is 59.2 Å². The summed E-state index contributed by atoms with van der Waals surface area (Å²) < 4.78 is 12.5.